The van der Waals surface area contributed by atoms with Gasteiger partial charge in [-0.1, -0.05) is 33.8 Å². The Balaban J connectivity index is 1.50. The van der Waals surface area contributed by atoms with Gasteiger partial charge in [0.15, 0.2) is 5.78 Å². The monoisotopic (exact) mass is 534 g/mol. The lowest BCUT2D eigenvalue weighted by Gasteiger charge is -2.47. The highest BCUT2D eigenvalue weighted by atomic mass is 16.5. The number of likely N-dealkylation sites (N-methyl/N-ethyl adjacent to an activating group) is 1. The third-order valence-electron chi connectivity index (χ3n) is 8.61. The Morgan fingerprint density at radius 2 is 1.72 bits per heavy atom. The highest BCUT2D eigenvalue weighted by Gasteiger charge is 2.47. The van der Waals surface area contributed by atoms with Crippen LogP contribution in [0, 0.1) is 11.8 Å². The van der Waals surface area contributed by atoms with E-state index in [1.165, 1.54) is 12.8 Å². The third-order valence-corrected chi connectivity index (χ3v) is 8.61. The molecule has 5 nitrogen and oxygen atoms in total. The standard InChI is InChI=1S/C34H50N2O3/c1-10-36(22-24-14-15-24)30-23(2)34(8,9)29-21-26(16-17-28(29)31(30)37)35-25-12-11-13-27(20-25)39-33(6,7)18-19-38-32(3,4)5/h11-13,16-17,20-21,23-24,30,35H,10,14-15,18-19,22H2,1-9H3/t23-,30?/m0/s1. The molecule has 1 saturated carbocycles. The molecule has 0 spiro atoms. The number of nitrogens with zero attached hydrogens (tertiary/aromatic N) is 1. The first-order chi connectivity index (χ1) is 18.2. The molecule has 0 saturated heterocycles. The molecule has 0 heterocycles. The molecule has 2 aliphatic carbocycles. The fourth-order valence-corrected chi connectivity index (χ4v) is 5.73. The SMILES string of the molecule is CCN(CC1CC1)C1C(=O)c2ccc(Nc3cccc(OC(C)(C)CCOC(C)(C)C)c3)cc2C(C)(C)[C@H]1C. The molecule has 2 aromatic carbocycles. The first-order valence-electron chi connectivity index (χ1n) is 14.8. The van der Waals surface area contributed by atoms with Gasteiger partial charge in [-0.2, -0.15) is 0 Å². The Kier molecular flexibility index (Phi) is 8.54. The summed E-state index contributed by atoms with van der Waals surface area (Å²) < 4.78 is 12.3. The van der Waals surface area contributed by atoms with Crippen molar-refractivity contribution in [3.63, 3.8) is 0 Å². The molecule has 0 amide bonds. The van der Waals surface area contributed by atoms with E-state index in [9.17, 15) is 4.79 Å². The Hall–Kier alpha value is -2.37. The van der Waals surface area contributed by atoms with Gasteiger partial charge in [-0.05, 0) is 107 Å². The molecule has 2 atom stereocenters. The van der Waals surface area contributed by atoms with Gasteiger partial charge in [-0.25, -0.2) is 0 Å². The zero-order valence-electron chi connectivity index (χ0n) is 25.7. The van der Waals surface area contributed by atoms with Gasteiger partial charge in [0.05, 0.1) is 18.2 Å². The van der Waals surface area contributed by atoms with E-state index in [2.05, 4.69) is 78.6 Å². The molecule has 0 bridgehead atoms. The van der Waals surface area contributed by atoms with E-state index in [1.807, 2.05) is 36.4 Å². The third kappa shape index (κ3) is 7.24. The molecule has 4 rings (SSSR count). The number of hydrogen-bond acceptors (Lipinski definition) is 5. The lowest BCUT2D eigenvalue weighted by molar-refractivity contribution is -0.0292. The van der Waals surface area contributed by atoms with Crippen molar-refractivity contribution in [2.24, 2.45) is 11.8 Å². The molecule has 2 aliphatic rings. The number of anilines is 2. The van der Waals surface area contributed by atoms with Crippen LogP contribution in [0.1, 0.15) is 97.5 Å². The molecular weight excluding hydrogens is 484 g/mol. The van der Waals surface area contributed by atoms with Crippen molar-refractivity contribution in [1.29, 1.82) is 0 Å². The van der Waals surface area contributed by atoms with Crippen molar-refractivity contribution in [3.05, 3.63) is 53.6 Å². The predicted octanol–water partition coefficient (Wildman–Crippen LogP) is 8.00. The Morgan fingerprint density at radius 1 is 1.03 bits per heavy atom. The second-order valence-electron chi connectivity index (χ2n) is 13.8. The summed E-state index contributed by atoms with van der Waals surface area (Å²) in [6, 6.07) is 14.3. The summed E-state index contributed by atoms with van der Waals surface area (Å²) in [5, 5.41) is 3.56. The number of Topliss-reactive ketones (excluding diaryl/α,β-unsaturated/α-hetero) is 1. The summed E-state index contributed by atoms with van der Waals surface area (Å²) in [5.74, 6) is 2.09. The minimum Gasteiger partial charge on any atom is -0.488 e. The molecule has 5 heteroatoms. The van der Waals surface area contributed by atoms with Crippen LogP contribution in [0.25, 0.3) is 0 Å². The van der Waals surface area contributed by atoms with Crippen LogP contribution < -0.4 is 10.1 Å². The number of nitrogens with one attached hydrogen (secondary N) is 1. The number of ether oxygens (including phenoxy) is 2. The van der Waals surface area contributed by atoms with Crippen molar-refractivity contribution in [3.8, 4) is 5.75 Å². The zero-order valence-corrected chi connectivity index (χ0v) is 25.7. The fourth-order valence-electron chi connectivity index (χ4n) is 5.73. The van der Waals surface area contributed by atoms with Gasteiger partial charge in [0.2, 0.25) is 0 Å². The second kappa shape index (κ2) is 11.2. The summed E-state index contributed by atoms with van der Waals surface area (Å²) in [4.78, 5) is 16.2. The van der Waals surface area contributed by atoms with Crippen LogP contribution in [0.2, 0.25) is 0 Å². The first kappa shape index (κ1) is 29.6. The van der Waals surface area contributed by atoms with Gasteiger partial charge in [0.25, 0.3) is 0 Å². The largest absolute Gasteiger partial charge is 0.488 e. The number of benzene rings is 2. The summed E-state index contributed by atoms with van der Waals surface area (Å²) in [7, 11) is 0. The van der Waals surface area contributed by atoms with Crippen LogP contribution in [-0.4, -0.2) is 47.6 Å². The maximum Gasteiger partial charge on any atom is 0.180 e. The Labute approximate surface area is 236 Å². The topological polar surface area (TPSA) is 50.8 Å². The molecule has 1 unspecified atom stereocenters. The van der Waals surface area contributed by atoms with Gasteiger partial charge < -0.3 is 14.8 Å². The molecular formula is C34H50N2O3. The maximum atomic E-state index is 13.8. The van der Waals surface area contributed by atoms with Crippen molar-refractivity contribution in [2.75, 3.05) is 25.0 Å². The number of fused-ring (bicyclic) bond motifs is 1. The maximum absolute atomic E-state index is 13.8. The second-order valence-corrected chi connectivity index (χ2v) is 13.8. The fraction of sp³-hybridized carbons (Fsp3) is 0.618. The smallest absolute Gasteiger partial charge is 0.180 e. The summed E-state index contributed by atoms with van der Waals surface area (Å²) >= 11 is 0. The quantitative estimate of drug-likeness (QED) is 0.316. The first-order valence-corrected chi connectivity index (χ1v) is 14.8. The van der Waals surface area contributed by atoms with Crippen LogP contribution in [0.15, 0.2) is 42.5 Å². The van der Waals surface area contributed by atoms with Gasteiger partial charge in [-0.3, -0.25) is 9.69 Å². The Morgan fingerprint density at radius 3 is 2.36 bits per heavy atom. The number of carbonyl (C=O) groups is 1. The normalized spacial score (nSPS) is 21.1. The Bertz CT molecular complexity index is 1160. The highest BCUT2D eigenvalue weighted by Crippen LogP contribution is 2.45. The van der Waals surface area contributed by atoms with E-state index in [0.29, 0.717) is 6.61 Å². The van der Waals surface area contributed by atoms with Crippen molar-refractivity contribution in [1.82, 2.24) is 4.90 Å². The molecule has 2 aromatic rings. The van der Waals surface area contributed by atoms with E-state index in [4.69, 9.17) is 9.47 Å². The number of ketones is 1. The molecule has 214 valence electrons. The van der Waals surface area contributed by atoms with Crippen LogP contribution >= 0.6 is 0 Å². The molecule has 0 aromatic heterocycles. The van der Waals surface area contributed by atoms with E-state index in [-0.39, 0.29) is 34.4 Å². The van der Waals surface area contributed by atoms with E-state index >= 15 is 0 Å². The van der Waals surface area contributed by atoms with E-state index in [0.717, 1.165) is 53.7 Å². The molecule has 39 heavy (non-hydrogen) atoms. The minimum atomic E-state index is -0.349. The van der Waals surface area contributed by atoms with Gasteiger partial charge in [0.1, 0.15) is 11.4 Å². The molecule has 0 radical (unpaired) electrons. The number of hydrogen-bond donors (Lipinski definition) is 1. The minimum absolute atomic E-state index is 0.0529. The van der Waals surface area contributed by atoms with Crippen LogP contribution in [0.3, 0.4) is 0 Å². The number of rotatable bonds is 11. The summed E-state index contributed by atoms with van der Waals surface area (Å²) in [6.45, 7) is 22.1. The molecule has 1 N–H and O–H groups in total. The average molecular weight is 535 g/mol. The predicted molar refractivity (Wildman–Crippen MR) is 161 cm³/mol. The van der Waals surface area contributed by atoms with Gasteiger partial charge >= 0.3 is 0 Å². The lowest BCUT2D eigenvalue weighted by atomic mass is 9.63. The summed E-state index contributed by atoms with van der Waals surface area (Å²) in [6.07, 6.45) is 3.40. The van der Waals surface area contributed by atoms with E-state index in [1.54, 1.807) is 0 Å². The van der Waals surface area contributed by atoms with Crippen LogP contribution in [-0.2, 0) is 10.2 Å². The van der Waals surface area contributed by atoms with Crippen molar-refractivity contribution >= 4 is 17.2 Å². The lowest BCUT2D eigenvalue weighted by Crippen LogP contribution is -2.55. The van der Waals surface area contributed by atoms with Crippen LogP contribution in [0.4, 0.5) is 11.4 Å². The summed E-state index contributed by atoms with van der Waals surface area (Å²) in [5.41, 5.74) is 3.34. The van der Waals surface area contributed by atoms with Crippen molar-refractivity contribution < 1.29 is 14.3 Å². The highest BCUT2D eigenvalue weighted by molar-refractivity contribution is 6.03. The van der Waals surface area contributed by atoms with Crippen LogP contribution in [0.5, 0.6) is 5.75 Å². The average Bonchev–Trinajstić information content (AvgIpc) is 3.65. The zero-order chi connectivity index (χ0) is 28.6. The van der Waals surface area contributed by atoms with Gasteiger partial charge in [0, 0.05) is 36.0 Å². The van der Waals surface area contributed by atoms with Gasteiger partial charge in [-0.15, -0.1) is 0 Å². The van der Waals surface area contributed by atoms with E-state index < -0.39 is 0 Å². The molecule has 0 aliphatic heterocycles. The number of carbonyl (C=O) groups excluding carboxylic acids is 1. The molecule has 1 fully saturated rings. The van der Waals surface area contributed by atoms with Crippen molar-refractivity contribution in [2.45, 2.75) is 104 Å².